The molecule has 0 N–H and O–H groups in total. The van der Waals surface area contributed by atoms with Crippen LogP contribution in [0.4, 0.5) is 34.1 Å². The molecular weight excluding hydrogens is 735 g/mol. The average Bonchev–Trinajstić information content (AvgIpc) is 3.94. The summed E-state index contributed by atoms with van der Waals surface area (Å²) in [5.41, 5.74) is 14.1. The third-order valence-corrected chi connectivity index (χ3v) is 11.1. The van der Waals surface area contributed by atoms with E-state index in [0.717, 1.165) is 89.4 Å². The van der Waals surface area contributed by atoms with Crippen molar-refractivity contribution in [1.29, 1.82) is 0 Å². The maximum atomic E-state index is 6.83. The largest absolute Gasteiger partial charge is 0.454 e. The standard InChI is InChI=1S/C55H37N3O2/c1-5-16-38(17-6-1)40-28-32-44(33-29-40)57(43-22-11-4-12-23-43)51-37-46(36-49-54(51)60-55(56-49)42-20-9-3-10-21-42)58(45-34-30-41(31-35-45)39-18-7-2-8-19-39)50-26-15-25-48-47-24-13-14-27-52(47)59-53(48)50/h1-37H. The van der Waals surface area contributed by atoms with Gasteiger partial charge in [0.25, 0.3) is 0 Å². The third kappa shape index (κ3) is 6.35. The Morgan fingerprint density at radius 1 is 0.317 bits per heavy atom. The molecular formula is C55H37N3O2. The predicted molar refractivity (Wildman–Crippen MR) is 247 cm³/mol. The summed E-state index contributed by atoms with van der Waals surface area (Å²) in [4.78, 5) is 9.75. The van der Waals surface area contributed by atoms with E-state index in [2.05, 4.69) is 174 Å². The van der Waals surface area contributed by atoms with E-state index in [1.807, 2.05) is 60.7 Å². The van der Waals surface area contributed by atoms with Gasteiger partial charge in [-0.05, 0) is 95.1 Å². The van der Waals surface area contributed by atoms with Gasteiger partial charge in [-0.25, -0.2) is 4.98 Å². The fourth-order valence-electron chi connectivity index (χ4n) is 8.21. The lowest BCUT2D eigenvalue weighted by Gasteiger charge is -2.29. The lowest BCUT2D eigenvalue weighted by molar-refractivity contribution is 0.620. The summed E-state index contributed by atoms with van der Waals surface area (Å²) in [7, 11) is 0. The molecule has 0 aliphatic rings. The third-order valence-electron chi connectivity index (χ3n) is 11.1. The number of fused-ring (bicyclic) bond motifs is 4. The van der Waals surface area contributed by atoms with E-state index >= 15 is 0 Å². The van der Waals surface area contributed by atoms with Crippen LogP contribution in [0.2, 0.25) is 0 Å². The normalized spacial score (nSPS) is 11.3. The zero-order valence-corrected chi connectivity index (χ0v) is 32.5. The van der Waals surface area contributed by atoms with Crippen molar-refractivity contribution in [2.75, 3.05) is 9.80 Å². The molecule has 2 heterocycles. The van der Waals surface area contributed by atoms with Crippen LogP contribution >= 0.6 is 0 Å². The zero-order valence-electron chi connectivity index (χ0n) is 32.5. The molecule has 0 spiro atoms. The summed E-state index contributed by atoms with van der Waals surface area (Å²) >= 11 is 0. The van der Waals surface area contributed by atoms with Gasteiger partial charge < -0.3 is 18.6 Å². The molecule has 2 aromatic heterocycles. The van der Waals surface area contributed by atoms with Crippen LogP contribution in [0.1, 0.15) is 0 Å². The number of oxazole rings is 1. The van der Waals surface area contributed by atoms with Crippen molar-refractivity contribution in [3.63, 3.8) is 0 Å². The molecule has 11 rings (SSSR count). The van der Waals surface area contributed by atoms with E-state index in [9.17, 15) is 0 Å². The SMILES string of the molecule is c1ccc(-c2ccc(N(c3ccccc3)c3cc(N(c4ccc(-c5ccccc5)cc4)c4cccc5c4oc4ccccc45)cc4nc(-c5ccccc5)oc34)cc2)cc1. The second-order valence-corrected chi connectivity index (χ2v) is 14.8. The number of para-hydroxylation sites is 3. The van der Waals surface area contributed by atoms with Crippen LogP contribution in [0.25, 0.3) is 66.7 Å². The van der Waals surface area contributed by atoms with Crippen LogP contribution in [0, 0.1) is 0 Å². The first kappa shape index (κ1) is 35.0. The molecule has 0 aliphatic heterocycles. The highest BCUT2D eigenvalue weighted by atomic mass is 16.3. The molecule has 0 aliphatic carbocycles. The summed E-state index contributed by atoms with van der Waals surface area (Å²) in [6.45, 7) is 0. The van der Waals surface area contributed by atoms with E-state index < -0.39 is 0 Å². The Kier molecular flexibility index (Phi) is 8.75. The van der Waals surface area contributed by atoms with Gasteiger partial charge in [0.1, 0.15) is 11.1 Å². The predicted octanol–water partition coefficient (Wildman–Crippen LogP) is 15.7. The van der Waals surface area contributed by atoms with Crippen molar-refractivity contribution < 1.29 is 8.83 Å². The number of anilines is 6. The molecule has 60 heavy (non-hydrogen) atoms. The summed E-state index contributed by atoms with van der Waals surface area (Å²) in [5.74, 6) is 0.551. The minimum Gasteiger partial charge on any atom is -0.454 e. The van der Waals surface area contributed by atoms with Crippen LogP contribution in [-0.2, 0) is 0 Å². The highest BCUT2D eigenvalue weighted by Gasteiger charge is 2.26. The van der Waals surface area contributed by atoms with Crippen LogP contribution < -0.4 is 9.80 Å². The molecule has 5 nitrogen and oxygen atoms in total. The number of benzene rings is 9. The number of nitrogens with zero attached hydrogens (tertiary/aromatic N) is 3. The second-order valence-electron chi connectivity index (χ2n) is 14.8. The van der Waals surface area contributed by atoms with Gasteiger partial charge in [0.05, 0.1) is 17.1 Å². The first-order valence-corrected chi connectivity index (χ1v) is 20.1. The van der Waals surface area contributed by atoms with Crippen LogP contribution in [-0.4, -0.2) is 4.98 Å². The summed E-state index contributed by atoms with van der Waals surface area (Å²) < 4.78 is 13.6. The smallest absolute Gasteiger partial charge is 0.227 e. The highest BCUT2D eigenvalue weighted by molar-refractivity contribution is 6.11. The van der Waals surface area contributed by atoms with Crippen LogP contribution in [0.5, 0.6) is 0 Å². The fraction of sp³-hybridized carbons (Fsp3) is 0. The quantitative estimate of drug-likeness (QED) is 0.146. The molecule has 9 aromatic carbocycles. The summed E-state index contributed by atoms with van der Waals surface area (Å²) in [6, 6.07) is 77.9. The van der Waals surface area contributed by atoms with E-state index in [0.29, 0.717) is 11.5 Å². The summed E-state index contributed by atoms with van der Waals surface area (Å²) in [6.07, 6.45) is 0. The molecule has 0 radical (unpaired) electrons. The lowest BCUT2D eigenvalue weighted by Crippen LogP contribution is -2.14. The molecule has 0 atom stereocenters. The average molecular weight is 772 g/mol. The first-order valence-electron chi connectivity index (χ1n) is 20.1. The molecule has 11 aromatic rings. The Hall–Kier alpha value is -8.15. The first-order chi connectivity index (χ1) is 29.7. The molecule has 5 heteroatoms. The zero-order chi connectivity index (χ0) is 39.8. The van der Waals surface area contributed by atoms with Gasteiger partial charge >= 0.3 is 0 Å². The van der Waals surface area contributed by atoms with Crippen LogP contribution in [0.15, 0.2) is 233 Å². The van der Waals surface area contributed by atoms with Gasteiger partial charge in [0.15, 0.2) is 11.2 Å². The van der Waals surface area contributed by atoms with Gasteiger partial charge in [0, 0.05) is 33.4 Å². The number of aromatic nitrogens is 1. The Labute approximate surface area is 347 Å². The molecule has 284 valence electrons. The Morgan fingerprint density at radius 2 is 0.800 bits per heavy atom. The van der Waals surface area contributed by atoms with E-state index in [4.69, 9.17) is 13.8 Å². The van der Waals surface area contributed by atoms with E-state index in [1.165, 1.54) is 0 Å². The van der Waals surface area contributed by atoms with E-state index in [-0.39, 0.29) is 0 Å². The molecule has 0 saturated heterocycles. The second kappa shape index (κ2) is 15.0. The Morgan fingerprint density at radius 3 is 1.42 bits per heavy atom. The van der Waals surface area contributed by atoms with Crippen molar-refractivity contribution >= 4 is 67.2 Å². The van der Waals surface area contributed by atoms with Crippen molar-refractivity contribution in [3.05, 3.63) is 224 Å². The monoisotopic (exact) mass is 771 g/mol. The molecule has 0 saturated carbocycles. The number of furan rings is 1. The number of hydrogen-bond donors (Lipinski definition) is 0. The van der Waals surface area contributed by atoms with Gasteiger partial charge in [-0.15, -0.1) is 0 Å². The number of hydrogen-bond acceptors (Lipinski definition) is 5. The summed E-state index contributed by atoms with van der Waals surface area (Å²) in [5, 5.41) is 2.12. The van der Waals surface area contributed by atoms with Gasteiger partial charge in [0.2, 0.25) is 5.89 Å². The molecule has 0 bridgehead atoms. The number of rotatable bonds is 9. The molecule has 0 unspecified atom stereocenters. The fourth-order valence-corrected chi connectivity index (χ4v) is 8.21. The topological polar surface area (TPSA) is 45.7 Å². The van der Waals surface area contributed by atoms with Crippen LogP contribution in [0.3, 0.4) is 0 Å². The van der Waals surface area contributed by atoms with Gasteiger partial charge in [-0.3, -0.25) is 0 Å². The van der Waals surface area contributed by atoms with Gasteiger partial charge in [-0.1, -0.05) is 152 Å². The minimum atomic E-state index is 0.551. The molecule has 0 fully saturated rings. The Bertz CT molecular complexity index is 3230. The van der Waals surface area contributed by atoms with Gasteiger partial charge in [-0.2, -0.15) is 0 Å². The highest BCUT2D eigenvalue weighted by Crippen LogP contribution is 2.48. The minimum absolute atomic E-state index is 0.551. The van der Waals surface area contributed by atoms with Crippen molar-refractivity contribution in [2.45, 2.75) is 0 Å². The molecule has 0 amide bonds. The van der Waals surface area contributed by atoms with Crippen molar-refractivity contribution in [1.82, 2.24) is 4.98 Å². The Balaban J connectivity index is 1.17. The maximum absolute atomic E-state index is 6.83. The van der Waals surface area contributed by atoms with Crippen molar-refractivity contribution in [2.24, 2.45) is 0 Å². The lowest BCUT2D eigenvalue weighted by atomic mass is 10.0. The van der Waals surface area contributed by atoms with Crippen molar-refractivity contribution in [3.8, 4) is 33.7 Å². The van der Waals surface area contributed by atoms with E-state index in [1.54, 1.807) is 0 Å². The maximum Gasteiger partial charge on any atom is 0.227 e.